The molecule has 130 valence electrons. The minimum Gasteiger partial charge on any atom is -0.492 e. The highest BCUT2D eigenvalue weighted by Crippen LogP contribution is 2.34. The SMILES string of the molecule is CCCC1(CO)CCN(CCOc2ccc(C(F)(F)F)cc2)C1. The maximum Gasteiger partial charge on any atom is 0.416 e. The molecule has 1 aromatic carbocycles. The number of aliphatic hydroxyl groups excluding tert-OH is 1. The van der Waals surface area contributed by atoms with E-state index in [9.17, 15) is 18.3 Å². The highest BCUT2D eigenvalue weighted by molar-refractivity contribution is 5.28. The number of nitrogens with zero attached hydrogens (tertiary/aromatic N) is 1. The Kier molecular flexibility index (Phi) is 5.92. The standard InChI is InChI=1S/C17H24F3NO2/c1-2-7-16(13-22)8-9-21(12-16)10-11-23-15-5-3-14(4-6-15)17(18,19)20/h3-6,22H,2,7-13H2,1H3. The molecule has 0 bridgehead atoms. The van der Waals surface area contributed by atoms with Crippen LogP contribution in [0.3, 0.4) is 0 Å². The van der Waals surface area contributed by atoms with Crippen LogP contribution in [0.25, 0.3) is 0 Å². The first kappa shape index (κ1) is 18.1. The number of halogens is 3. The Hall–Kier alpha value is -1.27. The second-order valence-electron chi connectivity index (χ2n) is 6.30. The predicted octanol–water partition coefficient (Wildman–Crippen LogP) is 3.57. The first-order valence-electron chi connectivity index (χ1n) is 8.02. The van der Waals surface area contributed by atoms with Gasteiger partial charge in [0.2, 0.25) is 0 Å². The number of ether oxygens (including phenoxy) is 1. The maximum atomic E-state index is 12.5. The van der Waals surface area contributed by atoms with E-state index in [1.807, 2.05) is 0 Å². The Morgan fingerprint density at radius 3 is 2.52 bits per heavy atom. The van der Waals surface area contributed by atoms with Gasteiger partial charge in [-0.2, -0.15) is 13.2 Å². The van der Waals surface area contributed by atoms with Crippen LogP contribution in [-0.2, 0) is 6.18 Å². The fraction of sp³-hybridized carbons (Fsp3) is 0.647. The quantitative estimate of drug-likeness (QED) is 0.829. The topological polar surface area (TPSA) is 32.7 Å². The Balaban J connectivity index is 1.77. The van der Waals surface area contributed by atoms with Gasteiger partial charge in [0.25, 0.3) is 0 Å². The number of alkyl halides is 3. The first-order valence-corrected chi connectivity index (χ1v) is 8.02. The summed E-state index contributed by atoms with van der Waals surface area (Å²) in [6.45, 7) is 5.25. The van der Waals surface area contributed by atoms with E-state index in [0.29, 0.717) is 18.9 Å². The zero-order valence-electron chi connectivity index (χ0n) is 13.4. The molecule has 0 saturated carbocycles. The van der Waals surface area contributed by atoms with Crippen molar-refractivity contribution in [2.24, 2.45) is 5.41 Å². The summed E-state index contributed by atoms with van der Waals surface area (Å²) in [4.78, 5) is 2.25. The van der Waals surface area contributed by atoms with Crippen molar-refractivity contribution in [3.63, 3.8) is 0 Å². The van der Waals surface area contributed by atoms with E-state index in [1.165, 1.54) is 12.1 Å². The van der Waals surface area contributed by atoms with E-state index in [4.69, 9.17) is 4.74 Å². The number of benzene rings is 1. The van der Waals surface area contributed by atoms with Gasteiger partial charge in [-0.25, -0.2) is 0 Å². The third kappa shape index (κ3) is 4.85. The summed E-state index contributed by atoms with van der Waals surface area (Å²) in [5.41, 5.74) is -0.667. The monoisotopic (exact) mass is 331 g/mol. The minimum atomic E-state index is -4.32. The molecule has 1 aliphatic rings. The smallest absolute Gasteiger partial charge is 0.416 e. The zero-order chi connectivity index (χ0) is 16.9. The molecule has 2 rings (SSSR count). The molecule has 23 heavy (non-hydrogen) atoms. The van der Waals surface area contributed by atoms with Crippen LogP contribution in [0, 0.1) is 5.41 Å². The van der Waals surface area contributed by atoms with E-state index in [2.05, 4.69) is 11.8 Å². The molecule has 1 N–H and O–H groups in total. The fourth-order valence-corrected chi connectivity index (χ4v) is 3.19. The van der Waals surface area contributed by atoms with Crippen LogP contribution in [0.2, 0.25) is 0 Å². The lowest BCUT2D eigenvalue weighted by atomic mass is 9.83. The lowest BCUT2D eigenvalue weighted by Crippen LogP contribution is -2.32. The summed E-state index contributed by atoms with van der Waals surface area (Å²) in [5.74, 6) is 0.444. The summed E-state index contributed by atoms with van der Waals surface area (Å²) in [5, 5.41) is 9.61. The molecular formula is C17H24F3NO2. The predicted molar refractivity (Wildman–Crippen MR) is 82.4 cm³/mol. The first-order chi connectivity index (χ1) is 10.9. The van der Waals surface area contributed by atoms with Crippen molar-refractivity contribution in [2.45, 2.75) is 32.4 Å². The van der Waals surface area contributed by atoms with Gasteiger partial charge in [-0.05, 0) is 43.7 Å². The maximum absolute atomic E-state index is 12.5. The van der Waals surface area contributed by atoms with Gasteiger partial charge in [0.15, 0.2) is 0 Å². The van der Waals surface area contributed by atoms with Gasteiger partial charge in [0, 0.05) is 25.1 Å². The second-order valence-corrected chi connectivity index (χ2v) is 6.30. The summed E-state index contributed by atoms with van der Waals surface area (Å²) in [6, 6.07) is 4.76. The zero-order valence-corrected chi connectivity index (χ0v) is 13.4. The number of hydrogen-bond acceptors (Lipinski definition) is 3. The van der Waals surface area contributed by atoms with Gasteiger partial charge in [-0.15, -0.1) is 0 Å². The number of aliphatic hydroxyl groups is 1. The normalized spacial score (nSPS) is 22.5. The van der Waals surface area contributed by atoms with Crippen molar-refractivity contribution in [2.75, 3.05) is 32.8 Å². The molecule has 6 heteroatoms. The Bertz CT molecular complexity index is 490. The van der Waals surface area contributed by atoms with Crippen LogP contribution < -0.4 is 4.74 Å². The van der Waals surface area contributed by atoms with E-state index < -0.39 is 11.7 Å². The molecule has 0 aromatic heterocycles. The van der Waals surface area contributed by atoms with Crippen LogP contribution in [0.4, 0.5) is 13.2 Å². The van der Waals surface area contributed by atoms with E-state index in [1.54, 1.807) is 0 Å². The molecular weight excluding hydrogens is 307 g/mol. The van der Waals surface area contributed by atoms with Gasteiger partial charge in [0.05, 0.1) is 5.56 Å². The third-order valence-electron chi connectivity index (χ3n) is 4.49. The number of hydrogen-bond donors (Lipinski definition) is 1. The van der Waals surface area contributed by atoms with Crippen LogP contribution in [0.5, 0.6) is 5.75 Å². The summed E-state index contributed by atoms with van der Waals surface area (Å²) in [6.07, 6.45) is -1.27. The van der Waals surface area contributed by atoms with Gasteiger partial charge in [-0.3, -0.25) is 4.90 Å². The average Bonchev–Trinajstić information content (AvgIpc) is 2.91. The summed E-state index contributed by atoms with van der Waals surface area (Å²) >= 11 is 0. The molecule has 1 aromatic rings. The lowest BCUT2D eigenvalue weighted by Gasteiger charge is -2.26. The molecule has 3 nitrogen and oxygen atoms in total. The van der Waals surface area contributed by atoms with E-state index in [-0.39, 0.29) is 12.0 Å². The number of rotatable bonds is 7. The van der Waals surface area contributed by atoms with Crippen LogP contribution >= 0.6 is 0 Å². The molecule has 1 atom stereocenters. The molecule has 0 aliphatic carbocycles. The molecule has 1 heterocycles. The minimum absolute atomic E-state index is 0.00308. The molecule has 1 unspecified atom stereocenters. The van der Waals surface area contributed by atoms with Crippen LogP contribution in [-0.4, -0.2) is 42.9 Å². The second kappa shape index (κ2) is 7.53. The summed E-state index contributed by atoms with van der Waals surface area (Å²) < 4.78 is 43.0. The van der Waals surface area contributed by atoms with Crippen molar-refractivity contribution in [1.82, 2.24) is 4.90 Å². The average molecular weight is 331 g/mol. The van der Waals surface area contributed by atoms with Gasteiger partial charge in [0.1, 0.15) is 12.4 Å². The van der Waals surface area contributed by atoms with Crippen molar-refractivity contribution >= 4 is 0 Å². The molecule has 0 spiro atoms. The molecule has 0 radical (unpaired) electrons. The Morgan fingerprint density at radius 1 is 1.26 bits per heavy atom. The van der Waals surface area contributed by atoms with Crippen molar-refractivity contribution in [3.8, 4) is 5.75 Å². The van der Waals surface area contributed by atoms with Crippen LogP contribution in [0.15, 0.2) is 24.3 Å². The fourth-order valence-electron chi connectivity index (χ4n) is 3.19. The number of likely N-dealkylation sites (tertiary alicyclic amines) is 1. The largest absolute Gasteiger partial charge is 0.492 e. The van der Waals surface area contributed by atoms with E-state index in [0.717, 1.165) is 44.5 Å². The Morgan fingerprint density at radius 2 is 1.96 bits per heavy atom. The lowest BCUT2D eigenvalue weighted by molar-refractivity contribution is -0.137. The van der Waals surface area contributed by atoms with Gasteiger partial charge < -0.3 is 9.84 Å². The molecule has 0 amide bonds. The Labute approximate surface area is 135 Å². The van der Waals surface area contributed by atoms with Gasteiger partial charge in [-0.1, -0.05) is 13.3 Å². The highest BCUT2D eigenvalue weighted by atomic mass is 19.4. The van der Waals surface area contributed by atoms with Crippen molar-refractivity contribution < 1.29 is 23.0 Å². The van der Waals surface area contributed by atoms with E-state index >= 15 is 0 Å². The molecule has 1 fully saturated rings. The highest BCUT2D eigenvalue weighted by Gasteiger charge is 2.36. The van der Waals surface area contributed by atoms with Crippen molar-refractivity contribution in [1.29, 1.82) is 0 Å². The van der Waals surface area contributed by atoms with Crippen LogP contribution in [0.1, 0.15) is 31.7 Å². The van der Waals surface area contributed by atoms with Crippen molar-refractivity contribution in [3.05, 3.63) is 29.8 Å². The summed E-state index contributed by atoms with van der Waals surface area (Å²) in [7, 11) is 0. The molecule has 1 saturated heterocycles. The third-order valence-corrected chi connectivity index (χ3v) is 4.49. The molecule has 1 aliphatic heterocycles. The van der Waals surface area contributed by atoms with Gasteiger partial charge >= 0.3 is 6.18 Å².